The monoisotopic (exact) mass is 280 g/mol. The van der Waals surface area contributed by atoms with Crippen molar-refractivity contribution in [3.63, 3.8) is 0 Å². The second-order valence-electron chi connectivity index (χ2n) is 3.96. The number of fused-ring (bicyclic) bond motifs is 1. The first-order chi connectivity index (χ1) is 8.66. The highest BCUT2D eigenvalue weighted by Gasteiger charge is 2.13. The molecule has 0 saturated carbocycles. The molecule has 0 aliphatic heterocycles. The van der Waals surface area contributed by atoms with Crippen LogP contribution in [0.15, 0.2) is 34.4 Å². The first-order valence-electron chi connectivity index (χ1n) is 5.69. The third-order valence-corrected chi connectivity index (χ3v) is 2.68. The van der Waals surface area contributed by atoms with Crippen molar-refractivity contribution in [2.75, 3.05) is 6.54 Å². The van der Waals surface area contributed by atoms with Gasteiger partial charge in [0.2, 0.25) is 5.96 Å². The molecular formula is C12H17ClN6. The summed E-state index contributed by atoms with van der Waals surface area (Å²) in [5, 5.41) is 0. The number of pyridine rings is 1. The highest BCUT2D eigenvalue weighted by atomic mass is 35.5. The van der Waals surface area contributed by atoms with Crippen molar-refractivity contribution in [1.29, 1.82) is 0 Å². The number of rotatable bonds is 3. The second kappa shape index (κ2) is 6.75. The number of hydrogen-bond donors (Lipinski definition) is 3. The lowest BCUT2D eigenvalue weighted by Crippen LogP contribution is -2.26. The molecule has 1 aromatic heterocycles. The molecule has 0 unspecified atom stereocenters. The maximum absolute atomic E-state index is 5.52. The van der Waals surface area contributed by atoms with Gasteiger partial charge in [0.15, 0.2) is 5.96 Å². The van der Waals surface area contributed by atoms with E-state index in [2.05, 4.69) is 27.1 Å². The number of halogens is 1. The van der Waals surface area contributed by atoms with Crippen molar-refractivity contribution in [1.82, 2.24) is 4.98 Å². The van der Waals surface area contributed by atoms with Crippen molar-refractivity contribution < 1.29 is 0 Å². The number of allylic oxidation sites excluding steroid dienone is 1. The van der Waals surface area contributed by atoms with Gasteiger partial charge < -0.3 is 17.2 Å². The molecule has 6 N–H and O–H groups in total. The Morgan fingerprint density at radius 1 is 1.32 bits per heavy atom. The van der Waals surface area contributed by atoms with Gasteiger partial charge in [-0.1, -0.05) is 12.1 Å². The van der Waals surface area contributed by atoms with Crippen LogP contribution in [0.25, 0.3) is 5.57 Å². The van der Waals surface area contributed by atoms with Gasteiger partial charge in [-0.05, 0) is 23.6 Å². The minimum absolute atomic E-state index is 0. The molecule has 0 aromatic carbocycles. The number of nitrogens with zero attached hydrogens (tertiary/aromatic N) is 3. The Labute approximate surface area is 117 Å². The van der Waals surface area contributed by atoms with E-state index in [1.807, 2.05) is 12.3 Å². The van der Waals surface area contributed by atoms with Crippen LogP contribution in [0.1, 0.15) is 17.7 Å². The maximum atomic E-state index is 5.52. The van der Waals surface area contributed by atoms with E-state index in [1.165, 1.54) is 11.1 Å². The van der Waals surface area contributed by atoms with E-state index in [-0.39, 0.29) is 24.3 Å². The molecule has 0 saturated heterocycles. The predicted octanol–water partition coefficient (Wildman–Crippen LogP) is 0.421. The number of aliphatic imine (C=N–C) groups is 2. The molecule has 0 spiro atoms. The maximum Gasteiger partial charge on any atom is 0.218 e. The van der Waals surface area contributed by atoms with Gasteiger partial charge in [-0.3, -0.25) is 9.98 Å². The van der Waals surface area contributed by atoms with Crippen LogP contribution >= 0.6 is 12.4 Å². The fourth-order valence-corrected chi connectivity index (χ4v) is 1.92. The Morgan fingerprint density at radius 2 is 2.11 bits per heavy atom. The van der Waals surface area contributed by atoms with Crippen LogP contribution in [0.5, 0.6) is 0 Å². The first-order valence-corrected chi connectivity index (χ1v) is 5.69. The van der Waals surface area contributed by atoms with E-state index < -0.39 is 0 Å². The zero-order valence-corrected chi connectivity index (χ0v) is 11.2. The van der Waals surface area contributed by atoms with Gasteiger partial charge in [0.05, 0.1) is 5.69 Å². The average molecular weight is 281 g/mol. The lowest BCUT2D eigenvalue weighted by atomic mass is 10.1. The summed E-state index contributed by atoms with van der Waals surface area (Å²) < 4.78 is 0. The second-order valence-corrected chi connectivity index (χ2v) is 3.96. The van der Waals surface area contributed by atoms with E-state index in [9.17, 15) is 0 Å². The van der Waals surface area contributed by atoms with Gasteiger partial charge in [0.1, 0.15) is 0 Å². The molecule has 1 aliphatic carbocycles. The van der Waals surface area contributed by atoms with E-state index in [0.717, 1.165) is 18.5 Å². The normalized spacial score (nSPS) is 13.3. The van der Waals surface area contributed by atoms with Crippen molar-refractivity contribution >= 4 is 29.9 Å². The summed E-state index contributed by atoms with van der Waals surface area (Å²) >= 11 is 0. The number of nitrogens with two attached hydrogens (primary N) is 3. The highest BCUT2D eigenvalue weighted by molar-refractivity contribution is 5.92. The van der Waals surface area contributed by atoms with Crippen LogP contribution in [0.4, 0.5) is 0 Å². The summed E-state index contributed by atoms with van der Waals surface area (Å²) in [6.07, 6.45) is 5.67. The molecule has 7 heteroatoms. The van der Waals surface area contributed by atoms with Crippen LogP contribution in [-0.4, -0.2) is 23.4 Å². The minimum Gasteiger partial charge on any atom is -0.370 e. The third kappa shape index (κ3) is 3.96. The predicted molar refractivity (Wildman–Crippen MR) is 80.1 cm³/mol. The summed E-state index contributed by atoms with van der Waals surface area (Å²) in [4.78, 5) is 12.1. The lowest BCUT2D eigenvalue weighted by Gasteiger charge is -2.03. The van der Waals surface area contributed by atoms with Crippen molar-refractivity contribution in [3.05, 3.63) is 35.7 Å². The number of hydrogen-bond acceptors (Lipinski definition) is 2. The summed E-state index contributed by atoms with van der Waals surface area (Å²) in [5.41, 5.74) is 19.5. The minimum atomic E-state index is -0.0779. The van der Waals surface area contributed by atoms with Crippen LogP contribution in [0.3, 0.4) is 0 Å². The molecule has 0 atom stereocenters. The molecular weight excluding hydrogens is 264 g/mol. The van der Waals surface area contributed by atoms with Crippen LogP contribution in [0, 0.1) is 0 Å². The molecule has 0 radical (unpaired) electrons. The largest absolute Gasteiger partial charge is 0.370 e. The fraction of sp³-hybridized carbons (Fsp3) is 0.250. The van der Waals surface area contributed by atoms with Crippen molar-refractivity contribution in [2.45, 2.75) is 12.8 Å². The molecule has 102 valence electrons. The lowest BCUT2D eigenvalue weighted by molar-refractivity contribution is 1.01. The Kier molecular flexibility index (Phi) is 5.32. The SMILES string of the molecule is Cl.NC(N)=NC(N)=NCCC1=CCc2ncccc21. The molecule has 0 fully saturated rings. The standard InChI is InChI=1S/C12H16N6.ClH/c13-11(14)18-12(15)17-7-5-8-3-4-10-9(8)2-1-6-16-10;/h1-3,6H,4-5,7H2,(H6,13,14,15,17,18);1H. The van der Waals surface area contributed by atoms with Crippen LogP contribution in [0.2, 0.25) is 0 Å². The molecule has 0 bridgehead atoms. The van der Waals surface area contributed by atoms with E-state index >= 15 is 0 Å². The molecule has 1 aromatic rings. The van der Waals surface area contributed by atoms with Gasteiger partial charge in [-0.15, -0.1) is 12.4 Å². The summed E-state index contributed by atoms with van der Waals surface area (Å²) in [5.74, 6) is 0.0332. The van der Waals surface area contributed by atoms with Gasteiger partial charge in [-0.25, -0.2) is 0 Å². The molecule has 6 nitrogen and oxygen atoms in total. The van der Waals surface area contributed by atoms with Crippen LogP contribution < -0.4 is 17.2 Å². The number of aromatic nitrogens is 1. The molecule has 2 rings (SSSR count). The smallest absolute Gasteiger partial charge is 0.218 e. The molecule has 1 heterocycles. The zero-order valence-electron chi connectivity index (χ0n) is 10.4. The fourth-order valence-electron chi connectivity index (χ4n) is 1.92. The van der Waals surface area contributed by atoms with Gasteiger partial charge in [0, 0.05) is 19.2 Å². The molecule has 0 amide bonds. The molecule has 1 aliphatic rings. The Hall–Kier alpha value is -2.08. The summed E-state index contributed by atoms with van der Waals surface area (Å²) in [7, 11) is 0. The van der Waals surface area contributed by atoms with Crippen molar-refractivity contribution in [2.24, 2.45) is 27.2 Å². The zero-order chi connectivity index (χ0) is 13.0. The average Bonchev–Trinajstić information content (AvgIpc) is 2.72. The quantitative estimate of drug-likeness (QED) is 0.549. The third-order valence-electron chi connectivity index (χ3n) is 2.68. The molecule has 19 heavy (non-hydrogen) atoms. The summed E-state index contributed by atoms with van der Waals surface area (Å²) in [6.45, 7) is 0.558. The highest BCUT2D eigenvalue weighted by Crippen LogP contribution is 2.27. The van der Waals surface area contributed by atoms with Gasteiger partial charge in [-0.2, -0.15) is 4.99 Å². The van der Waals surface area contributed by atoms with E-state index in [0.29, 0.717) is 6.54 Å². The first kappa shape index (κ1) is 15.0. The Bertz CT molecular complexity index is 531. The topological polar surface area (TPSA) is 116 Å². The van der Waals surface area contributed by atoms with E-state index in [1.54, 1.807) is 0 Å². The van der Waals surface area contributed by atoms with E-state index in [4.69, 9.17) is 17.2 Å². The summed E-state index contributed by atoms with van der Waals surface area (Å²) in [6, 6.07) is 4.01. The van der Waals surface area contributed by atoms with Crippen LogP contribution in [-0.2, 0) is 6.42 Å². The van der Waals surface area contributed by atoms with Gasteiger partial charge in [0.25, 0.3) is 0 Å². The van der Waals surface area contributed by atoms with Crippen molar-refractivity contribution in [3.8, 4) is 0 Å². The Morgan fingerprint density at radius 3 is 2.84 bits per heavy atom. The van der Waals surface area contributed by atoms with Gasteiger partial charge >= 0.3 is 0 Å². The Balaban J connectivity index is 0.00000180. The number of guanidine groups is 2.